The average Bonchev–Trinajstić information content (AvgIpc) is 2.82. The lowest BCUT2D eigenvalue weighted by Crippen LogP contribution is -2.61. The third-order valence-electron chi connectivity index (χ3n) is 5.48. The van der Waals surface area contributed by atoms with Crippen LogP contribution in [0.1, 0.15) is 6.92 Å². The van der Waals surface area contributed by atoms with E-state index in [0.717, 1.165) is 24.3 Å². The van der Waals surface area contributed by atoms with Crippen molar-refractivity contribution in [2.75, 3.05) is 6.61 Å². The molecule has 0 aliphatic carbocycles. The van der Waals surface area contributed by atoms with Crippen molar-refractivity contribution in [2.24, 2.45) is 0 Å². The number of hydrogen-bond acceptors (Lipinski definition) is 13. The van der Waals surface area contributed by atoms with Gasteiger partial charge in [-0.15, -0.1) is 0 Å². The van der Waals surface area contributed by atoms with Gasteiger partial charge in [-0.3, -0.25) is 4.79 Å². The van der Waals surface area contributed by atoms with Crippen molar-refractivity contribution in [3.8, 4) is 40.1 Å². The Bertz CT molecular complexity index is 1360. The number of esters is 1. The smallest absolute Gasteiger partial charge is 0.338 e. The SMILES string of the molecule is CCOC(=O)C1OC(Oc2c(-c3ccc(O)c(O)c3)oc3cc(O)cc(O)c3c2=O)C(O)C(O)C1O. The molecule has 1 aliphatic heterocycles. The Kier molecular flexibility index (Phi) is 6.65. The second-order valence-electron chi connectivity index (χ2n) is 7.90. The zero-order chi connectivity index (χ0) is 26.3. The second-order valence-corrected chi connectivity index (χ2v) is 7.90. The van der Waals surface area contributed by atoms with Crippen LogP contribution in [0, 0.1) is 0 Å². The molecule has 1 aliphatic rings. The van der Waals surface area contributed by atoms with Crippen LogP contribution in [0.5, 0.6) is 28.7 Å². The number of benzene rings is 2. The molecule has 1 saturated heterocycles. The number of carbonyl (C=O) groups excluding carboxylic acids is 1. The van der Waals surface area contributed by atoms with E-state index in [0.29, 0.717) is 0 Å². The van der Waals surface area contributed by atoms with Crippen molar-refractivity contribution < 1.29 is 59.2 Å². The molecule has 7 N–H and O–H groups in total. The van der Waals surface area contributed by atoms with Crippen LogP contribution in [-0.4, -0.2) is 79.0 Å². The molecule has 2 aromatic carbocycles. The number of phenolic OH excluding ortho intramolecular Hbond substituents is 4. The average molecular weight is 506 g/mol. The van der Waals surface area contributed by atoms with Gasteiger partial charge in [-0.25, -0.2) is 4.79 Å². The number of aromatic hydroxyl groups is 4. The zero-order valence-electron chi connectivity index (χ0n) is 18.6. The van der Waals surface area contributed by atoms with Gasteiger partial charge in [0.15, 0.2) is 23.4 Å². The second kappa shape index (κ2) is 9.54. The number of rotatable bonds is 5. The van der Waals surface area contributed by atoms with Gasteiger partial charge in [-0.2, -0.15) is 0 Å². The number of carbonyl (C=O) groups is 1. The van der Waals surface area contributed by atoms with E-state index in [4.69, 9.17) is 18.6 Å². The van der Waals surface area contributed by atoms with Crippen LogP contribution >= 0.6 is 0 Å². The molecule has 0 amide bonds. The Morgan fingerprint density at radius 1 is 0.944 bits per heavy atom. The first kappa shape index (κ1) is 25.1. The summed E-state index contributed by atoms with van der Waals surface area (Å²) in [6, 6.07) is 5.26. The maximum Gasteiger partial charge on any atom is 0.338 e. The van der Waals surface area contributed by atoms with Crippen LogP contribution in [0.2, 0.25) is 0 Å². The molecule has 3 aromatic rings. The first-order valence-corrected chi connectivity index (χ1v) is 10.6. The molecule has 0 bridgehead atoms. The van der Waals surface area contributed by atoms with Gasteiger partial charge >= 0.3 is 5.97 Å². The van der Waals surface area contributed by atoms with E-state index in [1.807, 2.05) is 0 Å². The minimum Gasteiger partial charge on any atom is -0.508 e. The van der Waals surface area contributed by atoms with Gasteiger partial charge in [-0.1, -0.05) is 0 Å². The van der Waals surface area contributed by atoms with E-state index in [9.17, 15) is 45.3 Å². The van der Waals surface area contributed by atoms with Crippen molar-refractivity contribution in [1.82, 2.24) is 0 Å². The van der Waals surface area contributed by atoms with E-state index in [2.05, 4.69) is 0 Å². The van der Waals surface area contributed by atoms with E-state index in [1.165, 1.54) is 13.0 Å². The molecule has 4 rings (SSSR count). The lowest BCUT2D eigenvalue weighted by molar-refractivity contribution is -0.272. The van der Waals surface area contributed by atoms with E-state index < -0.39 is 82.0 Å². The predicted octanol–water partition coefficient (Wildman–Crippen LogP) is 0.0319. The van der Waals surface area contributed by atoms with E-state index >= 15 is 0 Å². The first-order valence-electron chi connectivity index (χ1n) is 10.6. The lowest BCUT2D eigenvalue weighted by atomic mass is 9.99. The summed E-state index contributed by atoms with van der Waals surface area (Å²) in [5.74, 6) is -4.33. The Hall–Kier alpha value is -4.04. The fraction of sp³-hybridized carbons (Fsp3) is 0.304. The van der Waals surface area contributed by atoms with Crippen molar-refractivity contribution in [3.05, 3.63) is 40.6 Å². The Morgan fingerprint density at radius 2 is 1.67 bits per heavy atom. The molecule has 5 unspecified atom stereocenters. The van der Waals surface area contributed by atoms with Crippen LogP contribution in [0.3, 0.4) is 0 Å². The fourth-order valence-electron chi connectivity index (χ4n) is 3.71. The molecule has 0 radical (unpaired) electrons. The number of fused-ring (bicyclic) bond motifs is 1. The first-order chi connectivity index (χ1) is 17.0. The summed E-state index contributed by atoms with van der Waals surface area (Å²) < 4.78 is 21.3. The highest BCUT2D eigenvalue weighted by molar-refractivity contribution is 5.88. The van der Waals surface area contributed by atoms with Gasteiger partial charge in [0.1, 0.15) is 40.8 Å². The highest BCUT2D eigenvalue weighted by Gasteiger charge is 2.49. The molecule has 13 nitrogen and oxygen atoms in total. The van der Waals surface area contributed by atoms with Gasteiger partial charge in [0, 0.05) is 17.7 Å². The topological polar surface area (TPSA) is 217 Å². The molecular formula is C23H22O13. The summed E-state index contributed by atoms with van der Waals surface area (Å²) in [6.45, 7) is 1.42. The van der Waals surface area contributed by atoms with Gasteiger partial charge in [0.25, 0.3) is 0 Å². The quantitative estimate of drug-likeness (QED) is 0.180. The van der Waals surface area contributed by atoms with Crippen molar-refractivity contribution in [1.29, 1.82) is 0 Å². The largest absolute Gasteiger partial charge is 0.508 e. The number of phenols is 4. The minimum atomic E-state index is -1.96. The van der Waals surface area contributed by atoms with Crippen LogP contribution < -0.4 is 10.2 Å². The standard InChI is InChI=1S/C23H22O13/c1-2-33-22(32)21-17(30)16(29)18(31)23(36-21)35-20-15(28)14-12(27)6-9(24)7-13(14)34-19(20)8-3-4-10(25)11(26)5-8/h3-7,16-18,21,23-27,29-31H,2H2,1H3. The molecule has 36 heavy (non-hydrogen) atoms. The normalized spacial score (nSPS) is 23.9. The molecule has 0 spiro atoms. The van der Waals surface area contributed by atoms with Crippen molar-refractivity contribution >= 4 is 16.9 Å². The van der Waals surface area contributed by atoms with Gasteiger partial charge in [0.05, 0.1) is 6.61 Å². The third-order valence-corrected chi connectivity index (χ3v) is 5.48. The summed E-state index contributed by atoms with van der Waals surface area (Å²) in [6.07, 6.45) is -9.49. The minimum absolute atomic E-state index is 0.0186. The third kappa shape index (κ3) is 4.35. The number of ether oxygens (including phenoxy) is 3. The Morgan fingerprint density at radius 3 is 2.33 bits per heavy atom. The van der Waals surface area contributed by atoms with Gasteiger partial charge < -0.3 is 54.4 Å². The Balaban J connectivity index is 1.87. The molecule has 5 atom stereocenters. The van der Waals surface area contributed by atoms with Crippen molar-refractivity contribution in [3.63, 3.8) is 0 Å². The van der Waals surface area contributed by atoms with Gasteiger partial charge in [0.2, 0.25) is 17.5 Å². The lowest BCUT2D eigenvalue weighted by Gasteiger charge is -2.38. The highest BCUT2D eigenvalue weighted by Crippen LogP contribution is 2.39. The number of aliphatic hydroxyl groups excluding tert-OH is 3. The van der Waals surface area contributed by atoms with E-state index in [-0.39, 0.29) is 17.8 Å². The number of hydrogen-bond donors (Lipinski definition) is 7. The molecule has 1 aromatic heterocycles. The summed E-state index contributed by atoms with van der Waals surface area (Å²) in [5, 5.41) is 70.0. The summed E-state index contributed by atoms with van der Waals surface area (Å²) in [4.78, 5) is 25.6. The van der Waals surface area contributed by atoms with Gasteiger partial charge in [-0.05, 0) is 25.1 Å². The summed E-state index contributed by atoms with van der Waals surface area (Å²) in [7, 11) is 0. The fourth-order valence-corrected chi connectivity index (χ4v) is 3.71. The predicted molar refractivity (Wildman–Crippen MR) is 119 cm³/mol. The molecule has 2 heterocycles. The monoisotopic (exact) mass is 506 g/mol. The number of aliphatic hydroxyl groups is 3. The van der Waals surface area contributed by atoms with E-state index in [1.54, 1.807) is 0 Å². The summed E-state index contributed by atoms with van der Waals surface area (Å²) >= 11 is 0. The highest BCUT2D eigenvalue weighted by atomic mass is 16.7. The summed E-state index contributed by atoms with van der Waals surface area (Å²) in [5.41, 5.74) is -1.31. The van der Waals surface area contributed by atoms with Crippen LogP contribution in [-0.2, 0) is 14.3 Å². The van der Waals surface area contributed by atoms with Crippen molar-refractivity contribution in [2.45, 2.75) is 37.6 Å². The molecule has 192 valence electrons. The molecular weight excluding hydrogens is 484 g/mol. The Labute approximate surface area is 201 Å². The molecule has 13 heteroatoms. The maximum atomic E-state index is 13.4. The zero-order valence-corrected chi connectivity index (χ0v) is 18.6. The molecule has 1 fully saturated rings. The van der Waals surface area contributed by atoms with Crippen LogP contribution in [0.4, 0.5) is 0 Å². The van der Waals surface area contributed by atoms with Crippen LogP contribution in [0.25, 0.3) is 22.3 Å². The maximum absolute atomic E-state index is 13.4. The van der Waals surface area contributed by atoms with Crippen LogP contribution in [0.15, 0.2) is 39.5 Å². The molecule has 0 saturated carbocycles.